The van der Waals surface area contributed by atoms with Crippen LogP contribution in [0.3, 0.4) is 0 Å². The standard InChI is InChI=1S/C13H14N2O6/c16-11(9-3-1-2-4-10(9)15(20)21)14-7-5-13(19,6-8-14)12(17)18/h1-4,19H,5-8H2,(H,17,18). The zero-order valence-corrected chi connectivity index (χ0v) is 11.1. The molecule has 0 aliphatic carbocycles. The predicted octanol–water partition coefficient (Wildman–Crippen LogP) is 0.646. The zero-order valence-electron chi connectivity index (χ0n) is 11.1. The Labute approximate surface area is 119 Å². The molecule has 2 rings (SSSR count). The third kappa shape index (κ3) is 2.84. The summed E-state index contributed by atoms with van der Waals surface area (Å²) in [5.74, 6) is -1.85. The van der Waals surface area contributed by atoms with Crippen LogP contribution in [0, 0.1) is 10.1 Å². The predicted molar refractivity (Wildman–Crippen MR) is 70.8 cm³/mol. The molecule has 0 spiro atoms. The van der Waals surface area contributed by atoms with Crippen LogP contribution in [0.1, 0.15) is 23.2 Å². The maximum Gasteiger partial charge on any atom is 0.335 e. The zero-order chi connectivity index (χ0) is 15.6. The number of hydrogen-bond donors (Lipinski definition) is 2. The fourth-order valence-electron chi connectivity index (χ4n) is 2.28. The minimum Gasteiger partial charge on any atom is -0.479 e. The Morgan fingerprint density at radius 3 is 2.33 bits per heavy atom. The van der Waals surface area contributed by atoms with Gasteiger partial charge in [0.15, 0.2) is 5.60 Å². The van der Waals surface area contributed by atoms with Crippen molar-refractivity contribution in [3.63, 3.8) is 0 Å². The second-order valence-electron chi connectivity index (χ2n) is 4.90. The molecule has 0 radical (unpaired) electrons. The van der Waals surface area contributed by atoms with E-state index in [9.17, 15) is 24.8 Å². The van der Waals surface area contributed by atoms with Crippen LogP contribution in [0.5, 0.6) is 0 Å². The number of amides is 1. The van der Waals surface area contributed by atoms with Gasteiger partial charge in [-0.15, -0.1) is 0 Å². The SMILES string of the molecule is O=C(c1ccccc1[N+](=O)[O-])N1CCC(O)(C(=O)O)CC1. The lowest BCUT2D eigenvalue weighted by Gasteiger charge is -2.35. The summed E-state index contributed by atoms with van der Waals surface area (Å²) in [5, 5.41) is 29.6. The fraction of sp³-hybridized carbons (Fsp3) is 0.385. The largest absolute Gasteiger partial charge is 0.479 e. The lowest BCUT2D eigenvalue weighted by atomic mass is 9.91. The van der Waals surface area contributed by atoms with E-state index in [-0.39, 0.29) is 37.2 Å². The minimum absolute atomic E-state index is 0.0354. The first-order valence-corrected chi connectivity index (χ1v) is 6.33. The number of nitrogens with zero attached hydrogens (tertiary/aromatic N) is 2. The molecule has 8 heteroatoms. The van der Waals surface area contributed by atoms with Gasteiger partial charge in [-0.1, -0.05) is 12.1 Å². The molecule has 2 N–H and O–H groups in total. The number of aliphatic carboxylic acids is 1. The van der Waals surface area contributed by atoms with Crippen molar-refractivity contribution in [2.24, 2.45) is 0 Å². The highest BCUT2D eigenvalue weighted by molar-refractivity contribution is 5.98. The molecule has 0 unspecified atom stereocenters. The van der Waals surface area contributed by atoms with Gasteiger partial charge in [0.2, 0.25) is 0 Å². The van der Waals surface area contributed by atoms with E-state index in [2.05, 4.69) is 0 Å². The van der Waals surface area contributed by atoms with Gasteiger partial charge in [0.1, 0.15) is 5.56 Å². The van der Waals surface area contributed by atoms with E-state index >= 15 is 0 Å². The van der Waals surface area contributed by atoms with Crippen molar-refractivity contribution in [3.8, 4) is 0 Å². The van der Waals surface area contributed by atoms with Crippen LogP contribution in [-0.2, 0) is 4.79 Å². The van der Waals surface area contributed by atoms with Gasteiger partial charge in [-0.05, 0) is 6.07 Å². The Morgan fingerprint density at radius 2 is 1.81 bits per heavy atom. The highest BCUT2D eigenvalue weighted by Crippen LogP contribution is 2.26. The van der Waals surface area contributed by atoms with Gasteiger partial charge in [0.25, 0.3) is 11.6 Å². The van der Waals surface area contributed by atoms with Crippen molar-refractivity contribution in [2.75, 3.05) is 13.1 Å². The molecule has 8 nitrogen and oxygen atoms in total. The monoisotopic (exact) mass is 294 g/mol. The highest BCUT2D eigenvalue weighted by atomic mass is 16.6. The van der Waals surface area contributed by atoms with Crippen molar-refractivity contribution in [1.82, 2.24) is 4.90 Å². The van der Waals surface area contributed by atoms with Crippen molar-refractivity contribution < 1.29 is 24.7 Å². The maximum atomic E-state index is 12.3. The number of benzene rings is 1. The van der Waals surface area contributed by atoms with Gasteiger partial charge in [0, 0.05) is 32.0 Å². The van der Waals surface area contributed by atoms with Gasteiger partial charge in [0.05, 0.1) is 4.92 Å². The van der Waals surface area contributed by atoms with Crippen molar-refractivity contribution >= 4 is 17.6 Å². The number of carbonyl (C=O) groups is 2. The summed E-state index contributed by atoms with van der Waals surface area (Å²) in [6, 6.07) is 5.59. The Bertz CT molecular complexity index is 592. The number of carboxylic acids is 1. The van der Waals surface area contributed by atoms with Crippen LogP contribution in [0.4, 0.5) is 5.69 Å². The van der Waals surface area contributed by atoms with E-state index in [0.717, 1.165) is 0 Å². The molecule has 0 atom stereocenters. The molecule has 1 aliphatic rings. The van der Waals surface area contributed by atoms with Crippen molar-refractivity contribution in [1.29, 1.82) is 0 Å². The molecular weight excluding hydrogens is 280 g/mol. The smallest absolute Gasteiger partial charge is 0.335 e. The van der Waals surface area contributed by atoms with Crippen molar-refractivity contribution in [3.05, 3.63) is 39.9 Å². The number of nitro groups is 1. The number of para-hydroxylation sites is 1. The van der Waals surface area contributed by atoms with Gasteiger partial charge in [-0.25, -0.2) is 4.79 Å². The Balaban J connectivity index is 2.17. The van der Waals surface area contributed by atoms with Crippen LogP contribution in [-0.4, -0.2) is 50.6 Å². The summed E-state index contributed by atoms with van der Waals surface area (Å²) >= 11 is 0. The number of carboxylic acid groups (broad SMARTS) is 1. The number of rotatable bonds is 3. The molecule has 1 aromatic carbocycles. The number of nitro benzene ring substituents is 1. The molecule has 0 aromatic heterocycles. The fourth-order valence-corrected chi connectivity index (χ4v) is 2.28. The third-order valence-corrected chi connectivity index (χ3v) is 3.61. The van der Waals surface area contributed by atoms with E-state index in [4.69, 9.17) is 5.11 Å². The van der Waals surface area contributed by atoms with E-state index in [1.54, 1.807) is 0 Å². The number of piperidine rings is 1. The number of likely N-dealkylation sites (tertiary alicyclic amines) is 1. The van der Waals surface area contributed by atoms with Crippen molar-refractivity contribution in [2.45, 2.75) is 18.4 Å². The lowest BCUT2D eigenvalue weighted by Crippen LogP contribution is -2.50. The molecule has 0 saturated carbocycles. The van der Waals surface area contributed by atoms with Gasteiger partial charge in [-0.3, -0.25) is 14.9 Å². The van der Waals surface area contributed by atoms with Crippen LogP contribution >= 0.6 is 0 Å². The molecule has 1 amide bonds. The highest BCUT2D eigenvalue weighted by Gasteiger charge is 2.41. The number of carbonyl (C=O) groups excluding carboxylic acids is 1. The average molecular weight is 294 g/mol. The normalized spacial score (nSPS) is 17.3. The van der Waals surface area contributed by atoms with Crippen LogP contribution in [0.25, 0.3) is 0 Å². The lowest BCUT2D eigenvalue weighted by molar-refractivity contribution is -0.385. The molecule has 1 aromatic rings. The van der Waals surface area contributed by atoms with Crippen LogP contribution < -0.4 is 0 Å². The summed E-state index contributed by atoms with van der Waals surface area (Å²) in [7, 11) is 0. The Hall–Kier alpha value is -2.48. The first kappa shape index (κ1) is 14.9. The van der Waals surface area contributed by atoms with Crippen LogP contribution in [0.15, 0.2) is 24.3 Å². The quantitative estimate of drug-likeness (QED) is 0.623. The maximum absolute atomic E-state index is 12.3. The summed E-state index contributed by atoms with van der Waals surface area (Å²) in [4.78, 5) is 34.8. The second kappa shape index (κ2) is 5.49. The molecule has 1 saturated heterocycles. The Kier molecular flexibility index (Phi) is 3.90. The summed E-state index contributed by atoms with van der Waals surface area (Å²) in [5.41, 5.74) is -2.16. The van der Waals surface area contributed by atoms with Gasteiger partial charge < -0.3 is 15.1 Å². The number of aliphatic hydroxyl groups is 1. The van der Waals surface area contributed by atoms with E-state index in [1.807, 2.05) is 0 Å². The number of hydrogen-bond acceptors (Lipinski definition) is 5. The van der Waals surface area contributed by atoms with E-state index < -0.39 is 22.4 Å². The first-order chi connectivity index (χ1) is 9.85. The van der Waals surface area contributed by atoms with E-state index in [0.29, 0.717) is 0 Å². The van der Waals surface area contributed by atoms with E-state index in [1.165, 1.54) is 29.2 Å². The molecule has 1 fully saturated rings. The minimum atomic E-state index is -1.83. The first-order valence-electron chi connectivity index (χ1n) is 6.33. The molecule has 112 valence electrons. The molecule has 1 aliphatic heterocycles. The van der Waals surface area contributed by atoms with Gasteiger partial charge in [-0.2, -0.15) is 0 Å². The average Bonchev–Trinajstić information content (AvgIpc) is 2.47. The summed E-state index contributed by atoms with van der Waals surface area (Å²) in [6.07, 6.45) is -0.205. The second-order valence-corrected chi connectivity index (χ2v) is 4.90. The summed E-state index contributed by atoms with van der Waals surface area (Å²) < 4.78 is 0. The van der Waals surface area contributed by atoms with Crippen LogP contribution in [0.2, 0.25) is 0 Å². The molecular formula is C13H14N2O6. The Morgan fingerprint density at radius 1 is 1.24 bits per heavy atom. The molecule has 0 bridgehead atoms. The summed E-state index contributed by atoms with van der Waals surface area (Å²) in [6.45, 7) is 0.0708. The molecule has 1 heterocycles. The molecule has 21 heavy (non-hydrogen) atoms. The topological polar surface area (TPSA) is 121 Å². The third-order valence-electron chi connectivity index (χ3n) is 3.61. The van der Waals surface area contributed by atoms with Gasteiger partial charge >= 0.3 is 5.97 Å².